The fourth-order valence-electron chi connectivity index (χ4n) is 3.29. The number of nitrogens with zero attached hydrogens (tertiary/aromatic N) is 1. The van der Waals surface area contributed by atoms with Crippen molar-refractivity contribution in [2.75, 3.05) is 49.2 Å². The van der Waals surface area contributed by atoms with Crippen LogP contribution in [0.15, 0.2) is 12.1 Å². The number of aryl methyl sites for hydroxylation is 2. The number of hydrogen-bond donors (Lipinski definition) is 1. The quantitative estimate of drug-likeness (QED) is 0.294. The zero-order valence-corrected chi connectivity index (χ0v) is 26.1. The van der Waals surface area contributed by atoms with Crippen LogP contribution >= 0.6 is 0 Å². The summed E-state index contributed by atoms with van der Waals surface area (Å²) in [6.07, 6.45) is 2.67. The average Bonchev–Trinajstić information content (AvgIpc) is 3.20. The van der Waals surface area contributed by atoms with Gasteiger partial charge >= 0.3 is 17.6 Å². The number of carbonyl (C=O) groups is 2. The molecular weight excluding hydrogens is 512 g/mol. The van der Waals surface area contributed by atoms with Crippen LogP contribution in [0.4, 0.5) is 0 Å². The van der Waals surface area contributed by atoms with E-state index < -0.39 is 17.6 Å². The van der Waals surface area contributed by atoms with E-state index in [1.165, 1.54) is 25.2 Å². The van der Waals surface area contributed by atoms with E-state index in [4.69, 9.17) is 32.3 Å². The lowest BCUT2D eigenvalue weighted by molar-refractivity contribution is -0.122. The molecule has 0 bridgehead atoms. The van der Waals surface area contributed by atoms with Crippen LogP contribution in [0.3, 0.4) is 0 Å². The van der Waals surface area contributed by atoms with Crippen LogP contribution in [-0.4, -0.2) is 82.9 Å². The Bertz CT molecular complexity index is 674. The molecule has 0 aromatic carbocycles. The van der Waals surface area contributed by atoms with Gasteiger partial charge in [0, 0.05) is 85.5 Å². The molecule has 12 heteroatoms. The van der Waals surface area contributed by atoms with Crippen LogP contribution in [0.1, 0.15) is 58.3 Å². The maximum atomic E-state index is 10.2. The van der Waals surface area contributed by atoms with Crippen molar-refractivity contribution in [1.82, 2.24) is 4.57 Å². The summed E-state index contributed by atoms with van der Waals surface area (Å²) >= 11 is 0. The van der Waals surface area contributed by atoms with Gasteiger partial charge in [0.05, 0.1) is 0 Å². The highest BCUT2D eigenvalue weighted by molar-refractivity contribution is 6.60. The summed E-state index contributed by atoms with van der Waals surface area (Å²) in [6.45, 7) is 8.85. The van der Waals surface area contributed by atoms with Crippen LogP contribution in [0.5, 0.6) is 0 Å². The molecule has 0 aliphatic rings. The van der Waals surface area contributed by atoms with Gasteiger partial charge in [0.2, 0.25) is 0 Å². The Morgan fingerprint density at radius 1 is 0.730 bits per heavy atom. The van der Waals surface area contributed by atoms with E-state index in [-0.39, 0.29) is 19.0 Å². The van der Waals surface area contributed by atoms with Gasteiger partial charge in [-0.1, -0.05) is 7.43 Å². The molecule has 0 aliphatic carbocycles. The molecule has 0 atom stereocenters. The maximum Gasteiger partial charge on any atom is 0.500 e. The molecule has 0 saturated carbocycles. The summed E-state index contributed by atoms with van der Waals surface area (Å²) in [5, 5.41) is 0. The van der Waals surface area contributed by atoms with Gasteiger partial charge in [-0.2, -0.15) is 0 Å². The summed E-state index contributed by atoms with van der Waals surface area (Å²) < 4.78 is 34.0. The van der Waals surface area contributed by atoms with Crippen LogP contribution in [0, 0.1) is 13.8 Å². The van der Waals surface area contributed by atoms with Crippen molar-refractivity contribution >= 4 is 29.2 Å². The second-order valence-corrected chi connectivity index (χ2v) is 14.4. The molecule has 2 N–H and O–H groups in total. The maximum absolute atomic E-state index is 10.2. The van der Waals surface area contributed by atoms with Gasteiger partial charge in [-0.15, -0.1) is 0 Å². The third-order valence-corrected chi connectivity index (χ3v) is 11.3. The van der Waals surface area contributed by atoms with E-state index in [0.717, 1.165) is 31.5 Å². The lowest BCUT2D eigenvalue weighted by Crippen LogP contribution is -2.42. The first-order chi connectivity index (χ1) is 17.0. The highest BCUT2D eigenvalue weighted by Crippen LogP contribution is 2.17. The minimum absolute atomic E-state index is 0. The Balaban J connectivity index is -0.000000502. The first-order valence-corrected chi connectivity index (χ1v) is 15.9. The molecule has 10 nitrogen and oxygen atoms in total. The summed E-state index contributed by atoms with van der Waals surface area (Å²) in [7, 11) is 5.08. The van der Waals surface area contributed by atoms with Crippen molar-refractivity contribution in [3.63, 3.8) is 0 Å². The fourth-order valence-corrected chi connectivity index (χ4v) is 6.74. The Kier molecular flexibility index (Phi) is 24.7. The highest BCUT2D eigenvalue weighted by Gasteiger charge is 2.37. The van der Waals surface area contributed by atoms with Gasteiger partial charge in [0.25, 0.3) is 0 Å². The summed E-state index contributed by atoms with van der Waals surface area (Å²) in [6, 6.07) is 5.91. The molecule has 1 rings (SSSR count). The molecule has 0 spiro atoms. The number of aromatic nitrogens is 1. The Morgan fingerprint density at radius 2 is 1.05 bits per heavy atom. The summed E-state index contributed by atoms with van der Waals surface area (Å²) in [5.41, 5.74) is 7.94. The first-order valence-electron chi connectivity index (χ1n) is 12.1. The number of Topliss-reactive ketones (excluding diaryl/α,β-unsaturated/α-hetero) is 2. The SMILES string of the molecule is C.CC(=O)CCC(C)=O.CO[Si](CCCN)(OC)OC.CO[Si](CCCn1c(C)ccc1C)(OC)OC. The molecule has 220 valence electrons. The van der Waals surface area contributed by atoms with E-state index in [1.54, 1.807) is 42.7 Å². The highest BCUT2D eigenvalue weighted by atomic mass is 28.4. The second-order valence-electron chi connectivity index (χ2n) is 8.26. The van der Waals surface area contributed by atoms with Crippen LogP contribution in [-0.2, 0) is 42.7 Å². The van der Waals surface area contributed by atoms with Crippen molar-refractivity contribution in [3.05, 3.63) is 23.5 Å². The molecule has 37 heavy (non-hydrogen) atoms. The summed E-state index contributed by atoms with van der Waals surface area (Å²) in [4.78, 5) is 20.4. The van der Waals surface area contributed by atoms with E-state index in [0.29, 0.717) is 19.4 Å². The lowest BCUT2D eigenvalue weighted by atomic mass is 10.2. The molecule has 1 heterocycles. The molecule has 1 aromatic rings. The molecule has 0 saturated heterocycles. The van der Waals surface area contributed by atoms with Gasteiger partial charge in [-0.05, 0) is 59.2 Å². The number of carbonyl (C=O) groups excluding carboxylic acids is 2. The molecule has 0 fully saturated rings. The average molecular weight is 567 g/mol. The zero-order chi connectivity index (χ0) is 28.2. The lowest BCUT2D eigenvalue weighted by Gasteiger charge is -2.24. The van der Waals surface area contributed by atoms with Crippen molar-refractivity contribution in [3.8, 4) is 0 Å². The minimum atomic E-state index is -2.40. The van der Waals surface area contributed by atoms with Gasteiger partial charge in [-0.25, -0.2) is 0 Å². The molecular formula is C25H54N2O8Si2. The van der Waals surface area contributed by atoms with E-state index >= 15 is 0 Å². The second kappa shape index (κ2) is 22.7. The largest absolute Gasteiger partial charge is 0.500 e. The predicted octanol–water partition coefficient (Wildman–Crippen LogP) is 4.17. The van der Waals surface area contributed by atoms with Crippen LogP contribution in [0.25, 0.3) is 0 Å². The zero-order valence-electron chi connectivity index (χ0n) is 24.1. The number of rotatable bonds is 16. The van der Waals surface area contributed by atoms with Gasteiger partial charge in [-0.3, -0.25) is 0 Å². The molecule has 0 radical (unpaired) electrons. The molecule has 0 amide bonds. The first kappa shape index (κ1) is 40.3. The number of ketones is 2. The van der Waals surface area contributed by atoms with Crippen molar-refractivity contribution in [1.29, 1.82) is 0 Å². The normalized spacial score (nSPS) is 11.0. The van der Waals surface area contributed by atoms with Crippen molar-refractivity contribution in [2.45, 2.75) is 79.4 Å². The third-order valence-electron chi connectivity index (χ3n) is 5.66. The smallest absolute Gasteiger partial charge is 0.377 e. The van der Waals surface area contributed by atoms with Crippen LogP contribution < -0.4 is 5.73 Å². The van der Waals surface area contributed by atoms with Crippen molar-refractivity contribution < 1.29 is 36.1 Å². The monoisotopic (exact) mass is 566 g/mol. The third kappa shape index (κ3) is 17.1. The molecule has 0 unspecified atom stereocenters. The number of nitrogens with two attached hydrogens (primary N) is 1. The number of hydrogen-bond acceptors (Lipinski definition) is 9. The van der Waals surface area contributed by atoms with Gasteiger partial charge in [0.15, 0.2) is 0 Å². The van der Waals surface area contributed by atoms with Crippen molar-refractivity contribution in [2.24, 2.45) is 5.73 Å². The Morgan fingerprint density at radius 3 is 1.32 bits per heavy atom. The fraction of sp³-hybridized carbons (Fsp3) is 0.760. The van der Waals surface area contributed by atoms with E-state index in [9.17, 15) is 9.59 Å². The Hall–Kier alpha value is -1.23. The van der Waals surface area contributed by atoms with Crippen LogP contribution in [0.2, 0.25) is 12.1 Å². The summed E-state index contributed by atoms with van der Waals surface area (Å²) in [5.74, 6) is 0.167. The van der Waals surface area contributed by atoms with Gasteiger partial charge in [0.1, 0.15) is 11.6 Å². The van der Waals surface area contributed by atoms with Gasteiger partial charge < -0.3 is 46.4 Å². The predicted molar refractivity (Wildman–Crippen MR) is 153 cm³/mol. The molecule has 1 aromatic heterocycles. The standard InChI is InChI=1S/C12H23NO3Si.C6H17NO3Si.C6H10O2.CH4/c1-11-7-8-12(2)13(11)9-6-10-17(14-3,15-4)16-5;1-8-11(9-2,10-3)6-4-5-7;1-5(7)3-4-6(2)8;/h7-8H,6,9-10H2,1-5H3;4-7H2,1-3H3;3-4H2,1-2H3;1H4. The topological polar surface area (TPSA) is 120 Å². The minimum Gasteiger partial charge on any atom is -0.377 e. The van der Waals surface area contributed by atoms with E-state index in [2.05, 4.69) is 30.5 Å². The Labute approximate surface area is 227 Å². The van der Waals surface area contributed by atoms with E-state index in [1.807, 2.05) is 0 Å². The molecule has 0 aliphatic heterocycles.